The Balaban J connectivity index is 1.87. The van der Waals surface area contributed by atoms with E-state index in [1.54, 1.807) is 43.4 Å². The first-order valence-corrected chi connectivity index (χ1v) is 9.62. The smallest absolute Gasteiger partial charge is 0.271 e. The van der Waals surface area contributed by atoms with Gasteiger partial charge in [0.1, 0.15) is 11.3 Å². The molecule has 3 N–H and O–H groups in total. The van der Waals surface area contributed by atoms with Gasteiger partial charge < -0.3 is 10.0 Å². The second-order valence-electron chi connectivity index (χ2n) is 7.32. The number of aromatic amines is 2. The van der Waals surface area contributed by atoms with Crippen molar-refractivity contribution in [2.75, 3.05) is 11.9 Å². The summed E-state index contributed by atoms with van der Waals surface area (Å²) in [5, 5.41) is 17.4. The average Bonchev–Trinajstić information content (AvgIpc) is 3.14. The third kappa shape index (κ3) is 2.78. The molecule has 152 valence electrons. The molecule has 5 rings (SSSR count). The number of aromatic nitrogens is 2. The predicted octanol–water partition coefficient (Wildman–Crippen LogP) is 1.40. The van der Waals surface area contributed by atoms with Gasteiger partial charge in [0.25, 0.3) is 11.5 Å². The maximum atomic E-state index is 13.2. The van der Waals surface area contributed by atoms with E-state index in [9.17, 15) is 19.5 Å². The van der Waals surface area contributed by atoms with Crippen LogP contribution in [0.25, 0.3) is 22.4 Å². The number of para-hydroxylation sites is 1. The van der Waals surface area contributed by atoms with Crippen molar-refractivity contribution in [3.8, 4) is 5.75 Å². The van der Waals surface area contributed by atoms with Crippen molar-refractivity contribution in [3.05, 3.63) is 92.7 Å². The van der Waals surface area contributed by atoms with Crippen molar-refractivity contribution in [3.63, 3.8) is 0 Å². The summed E-state index contributed by atoms with van der Waals surface area (Å²) in [4.78, 5) is 40.3. The average molecular weight is 411 g/mol. The molecule has 4 aromatic rings. The first kappa shape index (κ1) is 18.6. The second-order valence-corrected chi connectivity index (χ2v) is 7.32. The molecular formula is C24H17N3O4. The summed E-state index contributed by atoms with van der Waals surface area (Å²) in [6.45, 7) is 0. The number of H-pyrrole nitrogens is 2. The highest BCUT2D eigenvalue weighted by atomic mass is 16.3. The number of benzene rings is 3. The minimum absolute atomic E-state index is 0.0148. The van der Waals surface area contributed by atoms with Gasteiger partial charge in [0.05, 0.1) is 16.3 Å². The minimum Gasteiger partial charge on any atom is -0.507 e. The van der Waals surface area contributed by atoms with E-state index >= 15 is 0 Å². The van der Waals surface area contributed by atoms with Gasteiger partial charge in [-0.25, -0.2) is 0 Å². The summed E-state index contributed by atoms with van der Waals surface area (Å²) >= 11 is 0. The first-order valence-electron chi connectivity index (χ1n) is 9.62. The molecule has 0 saturated heterocycles. The van der Waals surface area contributed by atoms with Gasteiger partial charge in [-0.05, 0) is 35.0 Å². The van der Waals surface area contributed by atoms with E-state index in [0.717, 1.165) is 10.8 Å². The Kier molecular flexibility index (Phi) is 4.11. The van der Waals surface area contributed by atoms with E-state index < -0.39 is 17.2 Å². The van der Waals surface area contributed by atoms with Crippen LogP contribution < -0.4 is 21.0 Å². The van der Waals surface area contributed by atoms with E-state index in [0.29, 0.717) is 16.8 Å². The molecule has 1 amide bonds. The fourth-order valence-electron chi connectivity index (χ4n) is 3.97. The second kappa shape index (κ2) is 6.84. The summed E-state index contributed by atoms with van der Waals surface area (Å²) < 4.78 is 0. The lowest BCUT2D eigenvalue weighted by molar-refractivity contribution is -0.113. The Morgan fingerprint density at radius 2 is 1.65 bits per heavy atom. The Labute approximate surface area is 175 Å². The summed E-state index contributed by atoms with van der Waals surface area (Å²) in [5.74, 6) is -1.000. The number of hydrogen-bond acceptors (Lipinski definition) is 4. The van der Waals surface area contributed by atoms with Crippen molar-refractivity contribution < 1.29 is 14.7 Å². The van der Waals surface area contributed by atoms with Gasteiger partial charge in [0, 0.05) is 18.2 Å². The van der Waals surface area contributed by atoms with E-state index in [1.807, 2.05) is 24.3 Å². The number of carbonyl (C=O) groups excluding carboxylic acids is 2. The third-order valence-corrected chi connectivity index (χ3v) is 5.56. The summed E-state index contributed by atoms with van der Waals surface area (Å²) in [5.41, 5.74) is 0.675. The lowest BCUT2D eigenvalue weighted by Gasteiger charge is -2.25. The van der Waals surface area contributed by atoms with Crippen LogP contribution in [0, 0.1) is 0 Å². The molecule has 0 spiro atoms. The number of fused-ring (bicyclic) bond motifs is 2. The largest absolute Gasteiger partial charge is 0.507 e. The maximum absolute atomic E-state index is 13.2. The molecule has 0 fully saturated rings. The molecule has 3 aromatic carbocycles. The molecule has 31 heavy (non-hydrogen) atoms. The van der Waals surface area contributed by atoms with E-state index in [-0.39, 0.29) is 21.9 Å². The topological polar surface area (TPSA) is 106 Å². The highest BCUT2D eigenvalue weighted by Gasteiger charge is 2.33. The number of phenolic OH excluding ortho intramolecular Hbond substituents is 1. The number of carbonyl (C=O) groups is 2. The van der Waals surface area contributed by atoms with Crippen LogP contribution in [0.4, 0.5) is 5.69 Å². The first-order chi connectivity index (χ1) is 15.0. The van der Waals surface area contributed by atoms with Crippen LogP contribution >= 0.6 is 0 Å². The van der Waals surface area contributed by atoms with Crippen LogP contribution in [-0.4, -0.2) is 34.0 Å². The number of aromatic hydroxyl groups is 1. The van der Waals surface area contributed by atoms with E-state index in [4.69, 9.17) is 0 Å². The summed E-state index contributed by atoms with van der Waals surface area (Å²) in [7, 11) is 1.58. The van der Waals surface area contributed by atoms with Crippen LogP contribution in [0.5, 0.6) is 5.75 Å². The van der Waals surface area contributed by atoms with Crippen molar-refractivity contribution in [1.29, 1.82) is 0 Å². The Morgan fingerprint density at radius 1 is 0.903 bits per heavy atom. The molecule has 0 atom stereocenters. The van der Waals surface area contributed by atoms with Crippen LogP contribution in [0.2, 0.25) is 0 Å². The molecule has 7 nitrogen and oxygen atoms in total. The van der Waals surface area contributed by atoms with Gasteiger partial charge in [-0.15, -0.1) is 0 Å². The van der Waals surface area contributed by atoms with Gasteiger partial charge in [-0.1, -0.05) is 42.5 Å². The SMILES string of the molecule is CN1C(=O)/C(=c2/[nH][nH]c(=O)/c2=C\c2c(O)ccc3ccccc23)C(=O)c2ccccc21. The Hall–Kier alpha value is -4.39. The highest BCUT2D eigenvalue weighted by molar-refractivity contribution is 6.51. The lowest BCUT2D eigenvalue weighted by atomic mass is 9.94. The lowest BCUT2D eigenvalue weighted by Crippen LogP contribution is -2.44. The fourth-order valence-corrected chi connectivity index (χ4v) is 3.97. The van der Waals surface area contributed by atoms with Gasteiger partial charge in [0.2, 0.25) is 5.78 Å². The van der Waals surface area contributed by atoms with Gasteiger partial charge in [-0.3, -0.25) is 24.6 Å². The van der Waals surface area contributed by atoms with Crippen molar-refractivity contribution in [1.82, 2.24) is 10.2 Å². The van der Waals surface area contributed by atoms with E-state index in [1.165, 1.54) is 11.0 Å². The van der Waals surface area contributed by atoms with Crippen LogP contribution in [-0.2, 0) is 4.79 Å². The number of ketones is 1. The molecule has 0 bridgehead atoms. The quantitative estimate of drug-likeness (QED) is 0.440. The van der Waals surface area contributed by atoms with Crippen molar-refractivity contribution in [2.45, 2.75) is 0 Å². The standard InChI is InChI=1S/C24H17N3O4/c1-27-18-9-5-4-8-15(18)22(29)20(24(27)31)21-17(23(30)26-25-21)12-16-14-7-3-2-6-13(14)10-11-19(16)28/h2-12,25,28H,1H3,(H,26,30)/b17-12-,21-20+. The normalized spacial score (nSPS) is 16.2. The Bertz CT molecular complexity index is 1580. The highest BCUT2D eigenvalue weighted by Crippen LogP contribution is 2.29. The molecule has 0 unspecified atom stereocenters. The summed E-state index contributed by atoms with van der Waals surface area (Å²) in [6, 6.07) is 17.6. The number of Topliss-reactive ketones (excluding diaryl/α,β-unsaturated/α-hetero) is 1. The maximum Gasteiger partial charge on any atom is 0.271 e. The zero-order valence-corrected chi connectivity index (χ0v) is 16.5. The molecule has 1 aliphatic rings. The number of hydrogen-bond donors (Lipinski definition) is 3. The monoisotopic (exact) mass is 411 g/mol. The number of anilines is 1. The predicted molar refractivity (Wildman–Crippen MR) is 117 cm³/mol. The zero-order valence-electron chi connectivity index (χ0n) is 16.5. The number of nitrogens with one attached hydrogen (secondary N) is 2. The number of rotatable bonds is 1. The van der Waals surface area contributed by atoms with Gasteiger partial charge >= 0.3 is 0 Å². The Morgan fingerprint density at radius 3 is 2.48 bits per heavy atom. The third-order valence-electron chi connectivity index (χ3n) is 5.56. The van der Waals surface area contributed by atoms with E-state index in [2.05, 4.69) is 10.2 Å². The molecule has 0 aliphatic carbocycles. The van der Waals surface area contributed by atoms with Gasteiger partial charge in [0.15, 0.2) is 0 Å². The van der Waals surface area contributed by atoms with Crippen LogP contribution in [0.3, 0.4) is 0 Å². The minimum atomic E-state index is -0.518. The molecule has 0 radical (unpaired) electrons. The number of phenols is 1. The summed E-state index contributed by atoms with van der Waals surface area (Å²) in [6.07, 6.45) is 1.50. The van der Waals surface area contributed by atoms with Crippen molar-refractivity contribution in [2.24, 2.45) is 0 Å². The molecule has 7 heteroatoms. The number of amides is 1. The van der Waals surface area contributed by atoms with Crippen LogP contribution in [0.15, 0.2) is 65.5 Å². The van der Waals surface area contributed by atoms with Crippen LogP contribution in [0.1, 0.15) is 15.9 Å². The fraction of sp³-hybridized carbons (Fsp3) is 0.0417. The molecular weight excluding hydrogens is 394 g/mol. The molecule has 2 heterocycles. The number of nitrogens with zero attached hydrogens (tertiary/aromatic N) is 1. The zero-order chi connectivity index (χ0) is 21.7. The molecule has 0 saturated carbocycles. The van der Waals surface area contributed by atoms with Gasteiger partial charge in [-0.2, -0.15) is 0 Å². The van der Waals surface area contributed by atoms with Crippen molar-refractivity contribution >= 4 is 39.8 Å². The molecule has 1 aromatic heterocycles. The molecule has 1 aliphatic heterocycles.